The van der Waals surface area contributed by atoms with Crippen LogP contribution >= 0.6 is 23.5 Å². The zero-order valence-corrected chi connectivity index (χ0v) is 12.6. The van der Waals surface area contributed by atoms with E-state index in [2.05, 4.69) is 16.9 Å². The highest BCUT2D eigenvalue weighted by molar-refractivity contribution is 8.13. The quantitative estimate of drug-likeness (QED) is 0.688. The Morgan fingerprint density at radius 1 is 1.63 bits per heavy atom. The number of phenols is 1. The third-order valence-corrected chi connectivity index (χ3v) is 5.10. The number of rotatable bonds is 3. The number of para-hydroxylation sites is 1. The highest BCUT2D eigenvalue weighted by Gasteiger charge is 2.21. The van der Waals surface area contributed by atoms with Gasteiger partial charge in [-0.05, 0) is 25.4 Å². The van der Waals surface area contributed by atoms with Crippen LogP contribution in [0.5, 0.6) is 5.75 Å². The Bertz CT molecular complexity index is 482. The van der Waals surface area contributed by atoms with Gasteiger partial charge in [-0.25, -0.2) is 4.39 Å². The van der Waals surface area contributed by atoms with Crippen molar-refractivity contribution < 1.29 is 9.50 Å². The van der Waals surface area contributed by atoms with Gasteiger partial charge in [0.15, 0.2) is 11.6 Å². The fraction of sp³-hybridized carbons (Fsp3) is 0.462. The second-order valence-electron chi connectivity index (χ2n) is 4.29. The van der Waals surface area contributed by atoms with Crippen LogP contribution in [0.4, 0.5) is 4.39 Å². The minimum absolute atomic E-state index is 0.317. The van der Waals surface area contributed by atoms with E-state index in [9.17, 15) is 9.50 Å². The molecule has 0 spiro atoms. The first-order valence-electron chi connectivity index (χ1n) is 6.01. The molecule has 2 rings (SSSR count). The smallest absolute Gasteiger partial charge is 0.165 e. The number of thioether (sulfide) groups is 2. The fourth-order valence-corrected chi connectivity index (χ4v) is 3.70. The van der Waals surface area contributed by atoms with Crippen molar-refractivity contribution in [1.29, 1.82) is 0 Å². The van der Waals surface area contributed by atoms with Crippen molar-refractivity contribution in [3.05, 3.63) is 29.6 Å². The van der Waals surface area contributed by atoms with Crippen LogP contribution in [0.25, 0.3) is 0 Å². The lowest BCUT2D eigenvalue weighted by Gasteiger charge is -2.16. The Morgan fingerprint density at radius 2 is 2.42 bits per heavy atom. The highest BCUT2D eigenvalue weighted by Crippen LogP contribution is 2.26. The molecular formula is C13H17FN2OS2. The molecule has 1 aromatic rings. The van der Waals surface area contributed by atoms with E-state index in [0.717, 1.165) is 12.3 Å². The van der Waals surface area contributed by atoms with Crippen LogP contribution in [0.2, 0.25) is 0 Å². The third kappa shape index (κ3) is 3.43. The van der Waals surface area contributed by atoms with Crippen molar-refractivity contribution in [2.75, 3.05) is 32.1 Å². The molecule has 1 aliphatic heterocycles. The molecule has 1 fully saturated rings. The normalized spacial score (nSPS) is 21.0. The monoisotopic (exact) mass is 300 g/mol. The summed E-state index contributed by atoms with van der Waals surface area (Å²) in [5.41, 5.74) is 0.471. The van der Waals surface area contributed by atoms with E-state index < -0.39 is 5.82 Å². The fourth-order valence-electron chi connectivity index (χ4n) is 1.90. The van der Waals surface area contributed by atoms with Gasteiger partial charge in [0, 0.05) is 12.3 Å². The first kappa shape index (κ1) is 14.7. The Morgan fingerprint density at radius 3 is 3.05 bits per heavy atom. The van der Waals surface area contributed by atoms with Gasteiger partial charge < -0.3 is 5.11 Å². The Balaban J connectivity index is 2.17. The van der Waals surface area contributed by atoms with E-state index >= 15 is 0 Å². The second-order valence-corrected chi connectivity index (χ2v) is 6.37. The lowest BCUT2D eigenvalue weighted by atomic mass is 10.2. The molecule has 1 atom stereocenters. The molecule has 3 nitrogen and oxygen atoms in total. The van der Waals surface area contributed by atoms with Gasteiger partial charge in [-0.15, -0.1) is 23.5 Å². The molecule has 1 aliphatic rings. The van der Waals surface area contributed by atoms with Crippen molar-refractivity contribution in [2.24, 2.45) is 4.99 Å². The summed E-state index contributed by atoms with van der Waals surface area (Å²) < 4.78 is 13.4. The van der Waals surface area contributed by atoms with Gasteiger partial charge in [-0.1, -0.05) is 6.07 Å². The summed E-state index contributed by atoms with van der Waals surface area (Å²) in [5, 5.41) is 10.8. The summed E-state index contributed by atoms with van der Waals surface area (Å²) >= 11 is 3.30. The number of hydrogen-bond acceptors (Lipinski definition) is 5. The van der Waals surface area contributed by atoms with Crippen molar-refractivity contribution in [2.45, 2.75) is 5.37 Å². The SMILES string of the molecule is CSC(=NCC1SCCN1C)c1cccc(F)c1O. The van der Waals surface area contributed by atoms with Crippen LogP contribution < -0.4 is 0 Å². The number of halogens is 1. The van der Waals surface area contributed by atoms with Crippen LogP contribution in [-0.2, 0) is 0 Å². The van der Waals surface area contributed by atoms with E-state index in [1.54, 1.807) is 12.1 Å². The van der Waals surface area contributed by atoms with Crippen LogP contribution in [0.1, 0.15) is 5.56 Å². The molecule has 104 valence electrons. The van der Waals surface area contributed by atoms with Crippen LogP contribution in [0.3, 0.4) is 0 Å². The predicted molar refractivity (Wildman–Crippen MR) is 81.9 cm³/mol. The number of nitrogens with zero attached hydrogens (tertiary/aromatic N) is 2. The average molecular weight is 300 g/mol. The van der Waals surface area contributed by atoms with Gasteiger partial charge in [-0.3, -0.25) is 9.89 Å². The molecule has 1 N–H and O–H groups in total. The molecule has 1 unspecified atom stereocenters. The molecule has 0 radical (unpaired) electrons. The van der Waals surface area contributed by atoms with Crippen LogP contribution in [-0.4, -0.2) is 52.6 Å². The van der Waals surface area contributed by atoms with Crippen molar-refractivity contribution in [3.8, 4) is 5.75 Å². The van der Waals surface area contributed by atoms with E-state index in [1.165, 1.54) is 17.8 Å². The number of aliphatic imine (C=N–C) groups is 1. The van der Waals surface area contributed by atoms with Gasteiger partial charge in [0.2, 0.25) is 0 Å². The Labute approximate surface area is 121 Å². The molecule has 1 heterocycles. The van der Waals surface area contributed by atoms with Gasteiger partial charge in [0.1, 0.15) is 5.04 Å². The summed E-state index contributed by atoms with van der Waals surface area (Å²) in [7, 11) is 2.08. The maximum atomic E-state index is 13.4. The summed E-state index contributed by atoms with van der Waals surface area (Å²) in [5.74, 6) is 0.200. The molecule has 0 aromatic heterocycles. The maximum Gasteiger partial charge on any atom is 0.165 e. The highest BCUT2D eigenvalue weighted by atomic mass is 32.2. The van der Waals surface area contributed by atoms with Gasteiger partial charge >= 0.3 is 0 Å². The summed E-state index contributed by atoms with van der Waals surface area (Å²) in [6.07, 6.45) is 1.88. The molecule has 6 heteroatoms. The third-order valence-electron chi connectivity index (χ3n) is 3.05. The maximum absolute atomic E-state index is 13.4. The van der Waals surface area contributed by atoms with E-state index in [1.807, 2.05) is 18.0 Å². The molecule has 0 amide bonds. The van der Waals surface area contributed by atoms with Crippen molar-refractivity contribution >= 4 is 28.6 Å². The zero-order chi connectivity index (χ0) is 13.8. The average Bonchev–Trinajstić information content (AvgIpc) is 2.80. The van der Waals surface area contributed by atoms with Gasteiger partial charge in [0.05, 0.1) is 17.5 Å². The lowest BCUT2D eigenvalue weighted by molar-refractivity contribution is 0.357. The van der Waals surface area contributed by atoms with Crippen LogP contribution in [0, 0.1) is 5.82 Å². The van der Waals surface area contributed by atoms with E-state index in [0.29, 0.717) is 22.5 Å². The standard InChI is InChI=1S/C13H17FN2OS2/c1-16-6-7-19-11(16)8-15-13(18-2)9-4-3-5-10(14)12(9)17/h3-5,11,17H,6-8H2,1-2H3. The largest absolute Gasteiger partial charge is 0.504 e. The summed E-state index contributed by atoms with van der Waals surface area (Å²) in [6.45, 7) is 1.73. The molecule has 19 heavy (non-hydrogen) atoms. The minimum Gasteiger partial charge on any atom is -0.504 e. The number of likely N-dealkylation sites (N-methyl/N-ethyl adjacent to an activating group) is 1. The van der Waals surface area contributed by atoms with Crippen molar-refractivity contribution in [3.63, 3.8) is 0 Å². The number of hydrogen-bond donors (Lipinski definition) is 1. The topological polar surface area (TPSA) is 35.8 Å². The van der Waals surface area contributed by atoms with E-state index in [4.69, 9.17) is 0 Å². The molecule has 1 aromatic carbocycles. The molecule has 1 saturated heterocycles. The number of aromatic hydroxyl groups is 1. The molecule has 0 bridgehead atoms. The van der Waals surface area contributed by atoms with E-state index in [-0.39, 0.29) is 5.75 Å². The van der Waals surface area contributed by atoms with Gasteiger partial charge in [0.25, 0.3) is 0 Å². The summed E-state index contributed by atoms with van der Waals surface area (Å²) in [6, 6.07) is 4.53. The molecular weight excluding hydrogens is 283 g/mol. The Kier molecular flexibility index (Phi) is 5.13. The predicted octanol–water partition coefficient (Wildman–Crippen LogP) is 2.65. The van der Waals surface area contributed by atoms with Crippen molar-refractivity contribution in [1.82, 2.24) is 4.90 Å². The first-order valence-corrected chi connectivity index (χ1v) is 8.29. The lowest BCUT2D eigenvalue weighted by Crippen LogP contribution is -2.26. The second kappa shape index (κ2) is 6.63. The zero-order valence-electron chi connectivity index (χ0n) is 11.0. The molecule has 0 saturated carbocycles. The number of phenolic OH excluding ortho intramolecular Hbond substituents is 1. The number of benzene rings is 1. The van der Waals surface area contributed by atoms with Crippen LogP contribution in [0.15, 0.2) is 23.2 Å². The molecule has 0 aliphatic carbocycles. The Hall–Kier alpha value is -0.720. The van der Waals surface area contributed by atoms with Gasteiger partial charge in [-0.2, -0.15) is 0 Å². The first-order chi connectivity index (χ1) is 9.13. The minimum atomic E-state index is -0.605. The summed E-state index contributed by atoms with van der Waals surface area (Å²) in [4.78, 5) is 6.80.